The summed E-state index contributed by atoms with van der Waals surface area (Å²) in [5, 5.41) is 9.03. The van der Waals surface area contributed by atoms with Gasteiger partial charge < -0.3 is 20.5 Å². The van der Waals surface area contributed by atoms with Crippen molar-refractivity contribution >= 4 is 11.9 Å². The molecular formula is C12H22N2O4. The van der Waals surface area contributed by atoms with Gasteiger partial charge in [0.2, 0.25) is 5.91 Å². The summed E-state index contributed by atoms with van der Waals surface area (Å²) in [4.78, 5) is 24.4. The lowest BCUT2D eigenvalue weighted by atomic mass is 10.0. The molecule has 0 aromatic heterocycles. The zero-order valence-electron chi connectivity index (χ0n) is 10.8. The zero-order chi connectivity index (χ0) is 13.5. The van der Waals surface area contributed by atoms with E-state index in [1.54, 1.807) is 0 Å². The van der Waals surface area contributed by atoms with E-state index in [0.717, 1.165) is 12.8 Å². The molecule has 2 unspecified atom stereocenters. The number of rotatable bonds is 6. The minimum atomic E-state index is -1.00. The molecule has 0 aromatic rings. The lowest BCUT2D eigenvalue weighted by molar-refractivity contribution is -0.158. The molecule has 1 aliphatic heterocycles. The maximum Gasteiger partial charge on any atom is 0.328 e. The third-order valence-corrected chi connectivity index (χ3v) is 3.24. The van der Waals surface area contributed by atoms with Crippen LogP contribution in [0.25, 0.3) is 0 Å². The summed E-state index contributed by atoms with van der Waals surface area (Å²) >= 11 is 0. The molecule has 104 valence electrons. The first-order chi connectivity index (χ1) is 8.56. The Morgan fingerprint density at radius 1 is 1.50 bits per heavy atom. The molecule has 0 bridgehead atoms. The fourth-order valence-electron chi connectivity index (χ4n) is 2.05. The van der Waals surface area contributed by atoms with Crippen LogP contribution in [-0.2, 0) is 14.3 Å². The summed E-state index contributed by atoms with van der Waals surface area (Å²) in [5.74, 6) is -0.712. The summed E-state index contributed by atoms with van der Waals surface area (Å²) in [6.07, 6.45) is 2.02. The second kappa shape index (κ2) is 7.33. The summed E-state index contributed by atoms with van der Waals surface area (Å²) in [5.41, 5.74) is 5.45. The molecule has 1 fully saturated rings. The molecule has 0 spiro atoms. The SMILES string of the molecule is CC(CCN)CCC(=O)N1CCOCC1C(=O)O. The molecule has 0 saturated carbocycles. The van der Waals surface area contributed by atoms with Gasteiger partial charge in [0.25, 0.3) is 0 Å². The number of nitrogens with zero attached hydrogens (tertiary/aromatic N) is 1. The van der Waals surface area contributed by atoms with E-state index in [4.69, 9.17) is 15.6 Å². The molecule has 6 heteroatoms. The monoisotopic (exact) mass is 258 g/mol. The van der Waals surface area contributed by atoms with Crippen LogP contribution in [0, 0.1) is 5.92 Å². The Kier molecular flexibility index (Phi) is 6.07. The average molecular weight is 258 g/mol. The molecule has 1 rings (SSSR count). The predicted octanol–water partition coefficient (Wildman–Crippen LogP) is 0.0635. The van der Waals surface area contributed by atoms with Gasteiger partial charge in [-0.05, 0) is 25.3 Å². The van der Waals surface area contributed by atoms with Crippen LogP contribution in [-0.4, -0.2) is 54.2 Å². The van der Waals surface area contributed by atoms with Crippen molar-refractivity contribution in [3.05, 3.63) is 0 Å². The number of aliphatic carboxylic acids is 1. The number of carboxylic acid groups (broad SMARTS) is 1. The van der Waals surface area contributed by atoms with E-state index < -0.39 is 12.0 Å². The largest absolute Gasteiger partial charge is 0.480 e. The molecule has 2 atom stereocenters. The number of amides is 1. The number of carbonyl (C=O) groups is 2. The zero-order valence-corrected chi connectivity index (χ0v) is 10.8. The summed E-state index contributed by atoms with van der Waals surface area (Å²) in [6.45, 7) is 3.52. The van der Waals surface area contributed by atoms with Crippen molar-refractivity contribution < 1.29 is 19.4 Å². The Labute approximate surface area is 107 Å². The highest BCUT2D eigenvalue weighted by Crippen LogP contribution is 2.14. The van der Waals surface area contributed by atoms with Gasteiger partial charge in [-0.1, -0.05) is 6.92 Å². The van der Waals surface area contributed by atoms with E-state index in [1.165, 1.54) is 4.90 Å². The van der Waals surface area contributed by atoms with Crippen LogP contribution in [0.1, 0.15) is 26.2 Å². The van der Waals surface area contributed by atoms with E-state index in [1.807, 2.05) is 6.92 Å². The highest BCUT2D eigenvalue weighted by atomic mass is 16.5. The minimum Gasteiger partial charge on any atom is -0.480 e. The van der Waals surface area contributed by atoms with Gasteiger partial charge in [0.15, 0.2) is 6.04 Å². The number of ether oxygens (including phenoxy) is 1. The maximum absolute atomic E-state index is 12.0. The van der Waals surface area contributed by atoms with Crippen LogP contribution in [0.4, 0.5) is 0 Å². The van der Waals surface area contributed by atoms with Gasteiger partial charge in [-0.15, -0.1) is 0 Å². The van der Waals surface area contributed by atoms with Crippen LogP contribution in [0.2, 0.25) is 0 Å². The molecule has 1 heterocycles. The van der Waals surface area contributed by atoms with E-state index >= 15 is 0 Å². The van der Waals surface area contributed by atoms with Crippen LogP contribution in [0.15, 0.2) is 0 Å². The van der Waals surface area contributed by atoms with E-state index in [0.29, 0.717) is 32.0 Å². The lowest BCUT2D eigenvalue weighted by Gasteiger charge is -2.33. The second-order valence-corrected chi connectivity index (χ2v) is 4.74. The lowest BCUT2D eigenvalue weighted by Crippen LogP contribution is -2.52. The summed E-state index contributed by atoms with van der Waals surface area (Å²) < 4.78 is 5.10. The molecular weight excluding hydrogens is 236 g/mol. The number of carbonyl (C=O) groups excluding carboxylic acids is 1. The van der Waals surface area contributed by atoms with Crippen molar-refractivity contribution in [1.82, 2.24) is 4.90 Å². The second-order valence-electron chi connectivity index (χ2n) is 4.74. The number of hydrogen-bond donors (Lipinski definition) is 2. The van der Waals surface area contributed by atoms with Gasteiger partial charge in [-0.25, -0.2) is 4.79 Å². The Bertz CT molecular complexity index is 296. The van der Waals surface area contributed by atoms with Gasteiger partial charge in [0, 0.05) is 13.0 Å². The number of nitrogens with two attached hydrogens (primary N) is 1. The van der Waals surface area contributed by atoms with Crippen molar-refractivity contribution in [2.24, 2.45) is 11.7 Å². The van der Waals surface area contributed by atoms with Crippen molar-refractivity contribution in [3.8, 4) is 0 Å². The van der Waals surface area contributed by atoms with Crippen molar-refractivity contribution in [1.29, 1.82) is 0 Å². The molecule has 1 aliphatic rings. The Morgan fingerprint density at radius 2 is 2.22 bits per heavy atom. The molecule has 1 saturated heterocycles. The minimum absolute atomic E-state index is 0.0828. The third-order valence-electron chi connectivity index (χ3n) is 3.24. The van der Waals surface area contributed by atoms with E-state index in [9.17, 15) is 9.59 Å². The summed E-state index contributed by atoms with van der Waals surface area (Å²) in [6, 6.07) is -0.837. The van der Waals surface area contributed by atoms with Gasteiger partial charge in [0.05, 0.1) is 13.2 Å². The summed E-state index contributed by atoms with van der Waals surface area (Å²) in [7, 11) is 0. The van der Waals surface area contributed by atoms with Crippen LogP contribution in [0.3, 0.4) is 0 Å². The van der Waals surface area contributed by atoms with Gasteiger partial charge in [-0.3, -0.25) is 4.79 Å². The molecule has 6 nitrogen and oxygen atoms in total. The maximum atomic E-state index is 12.0. The Balaban J connectivity index is 2.45. The number of morpholine rings is 1. The van der Waals surface area contributed by atoms with Gasteiger partial charge >= 0.3 is 5.97 Å². The highest BCUT2D eigenvalue weighted by molar-refractivity contribution is 5.83. The topological polar surface area (TPSA) is 92.9 Å². The van der Waals surface area contributed by atoms with Crippen LogP contribution >= 0.6 is 0 Å². The van der Waals surface area contributed by atoms with Gasteiger partial charge in [0.1, 0.15) is 0 Å². The van der Waals surface area contributed by atoms with Gasteiger partial charge in [-0.2, -0.15) is 0 Å². The highest BCUT2D eigenvalue weighted by Gasteiger charge is 2.32. The van der Waals surface area contributed by atoms with E-state index in [2.05, 4.69) is 0 Å². The fraction of sp³-hybridized carbons (Fsp3) is 0.833. The standard InChI is InChI=1S/C12H22N2O4/c1-9(4-5-13)2-3-11(15)14-6-7-18-8-10(14)12(16)17/h9-10H,2-8,13H2,1H3,(H,16,17). The first-order valence-corrected chi connectivity index (χ1v) is 6.36. The smallest absolute Gasteiger partial charge is 0.328 e. The number of hydrogen-bond acceptors (Lipinski definition) is 4. The first-order valence-electron chi connectivity index (χ1n) is 6.36. The molecule has 0 radical (unpaired) electrons. The van der Waals surface area contributed by atoms with E-state index in [-0.39, 0.29) is 12.5 Å². The normalized spacial score (nSPS) is 21.7. The molecule has 0 aromatic carbocycles. The molecule has 1 amide bonds. The van der Waals surface area contributed by atoms with Crippen molar-refractivity contribution in [3.63, 3.8) is 0 Å². The molecule has 18 heavy (non-hydrogen) atoms. The molecule has 0 aliphatic carbocycles. The average Bonchev–Trinajstić information content (AvgIpc) is 2.36. The molecule has 3 N–H and O–H groups in total. The van der Waals surface area contributed by atoms with Crippen molar-refractivity contribution in [2.75, 3.05) is 26.3 Å². The van der Waals surface area contributed by atoms with Crippen molar-refractivity contribution in [2.45, 2.75) is 32.2 Å². The van der Waals surface area contributed by atoms with Crippen LogP contribution < -0.4 is 5.73 Å². The quantitative estimate of drug-likeness (QED) is 0.703. The van der Waals surface area contributed by atoms with Crippen LogP contribution in [0.5, 0.6) is 0 Å². The number of carboxylic acids is 1. The fourth-order valence-corrected chi connectivity index (χ4v) is 2.05. The predicted molar refractivity (Wildman–Crippen MR) is 66.0 cm³/mol. The Morgan fingerprint density at radius 3 is 2.83 bits per heavy atom. The first kappa shape index (κ1) is 14.9. The third kappa shape index (κ3) is 4.27. The Hall–Kier alpha value is -1.14.